The molecule has 7 heteroatoms. The van der Waals surface area contributed by atoms with Gasteiger partial charge in [0.25, 0.3) is 0 Å². The molecule has 2 heterocycles. The lowest BCUT2D eigenvalue weighted by molar-refractivity contribution is -0.147. The minimum atomic E-state index is -0.698. The number of nitrogens with zero attached hydrogens (tertiary/aromatic N) is 2. The van der Waals surface area contributed by atoms with E-state index in [1.165, 1.54) is 18.3 Å². The predicted octanol–water partition coefficient (Wildman–Crippen LogP) is 3.19. The third-order valence-corrected chi connectivity index (χ3v) is 5.87. The zero-order chi connectivity index (χ0) is 19.9. The Balaban J connectivity index is 1.55. The molecule has 2 amide bonds. The molecule has 0 radical (unpaired) electrons. The van der Waals surface area contributed by atoms with Gasteiger partial charge in [-0.1, -0.05) is 12.1 Å². The molecule has 1 saturated carbocycles. The first-order chi connectivity index (χ1) is 13.4. The predicted molar refractivity (Wildman–Crippen MR) is 104 cm³/mol. The lowest BCUT2D eigenvalue weighted by Gasteiger charge is -2.40. The number of hydrogen-bond acceptors (Lipinski definition) is 4. The molecule has 2 fully saturated rings. The standard InChI is InChI=1S/C21H23FN4O2/c1-13-10-16(11-24-18(13)23)25-19(27)20(28)26-12-21(8-9-21)7-6-17(26)14-2-4-15(22)5-3-14/h2-5,10-11,17H,6-9,12H2,1H3,(H2,23,24)(H,25,27). The highest BCUT2D eigenvalue weighted by molar-refractivity contribution is 6.39. The second kappa shape index (κ2) is 6.89. The van der Waals surface area contributed by atoms with Gasteiger partial charge in [0.2, 0.25) is 0 Å². The number of carbonyl (C=O) groups excluding carboxylic acids is 2. The number of aryl methyl sites for hydroxylation is 1. The van der Waals surface area contributed by atoms with Gasteiger partial charge < -0.3 is 16.0 Å². The van der Waals surface area contributed by atoms with Crippen molar-refractivity contribution in [3.8, 4) is 0 Å². The highest BCUT2D eigenvalue weighted by Crippen LogP contribution is 2.55. The average molecular weight is 382 g/mol. The summed E-state index contributed by atoms with van der Waals surface area (Å²) < 4.78 is 13.3. The Morgan fingerprint density at radius 1 is 1.25 bits per heavy atom. The van der Waals surface area contributed by atoms with Crippen molar-refractivity contribution in [3.05, 3.63) is 53.5 Å². The SMILES string of the molecule is Cc1cc(NC(=O)C(=O)N2CC3(CCC2c2ccc(F)cc2)CC3)cnc1N. The molecule has 1 aliphatic carbocycles. The minimum absolute atomic E-state index is 0.145. The maximum atomic E-state index is 13.3. The van der Waals surface area contributed by atoms with E-state index in [9.17, 15) is 14.0 Å². The smallest absolute Gasteiger partial charge is 0.313 e. The topological polar surface area (TPSA) is 88.3 Å². The number of benzene rings is 1. The molecule has 2 aromatic rings. The number of aromatic nitrogens is 1. The van der Waals surface area contributed by atoms with E-state index in [4.69, 9.17) is 5.73 Å². The molecule has 2 aliphatic rings. The molecule has 1 atom stereocenters. The van der Waals surface area contributed by atoms with Crippen molar-refractivity contribution < 1.29 is 14.0 Å². The van der Waals surface area contributed by atoms with Crippen LogP contribution in [0, 0.1) is 18.2 Å². The number of carbonyl (C=O) groups is 2. The lowest BCUT2D eigenvalue weighted by atomic mass is 9.86. The van der Waals surface area contributed by atoms with E-state index >= 15 is 0 Å². The summed E-state index contributed by atoms with van der Waals surface area (Å²) >= 11 is 0. The highest BCUT2D eigenvalue weighted by atomic mass is 19.1. The number of nitrogens with two attached hydrogens (primary N) is 1. The molecular weight excluding hydrogens is 359 g/mol. The van der Waals surface area contributed by atoms with Crippen LogP contribution in [0.25, 0.3) is 0 Å². The van der Waals surface area contributed by atoms with Crippen LogP contribution in [0.4, 0.5) is 15.9 Å². The monoisotopic (exact) mass is 382 g/mol. The minimum Gasteiger partial charge on any atom is -0.383 e. The van der Waals surface area contributed by atoms with Gasteiger partial charge in [0.15, 0.2) is 0 Å². The van der Waals surface area contributed by atoms with Gasteiger partial charge in [-0.15, -0.1) is 0 Å². The summed E-state index contributed by atoms with van der Waals surface area (Å²) in [6, 6.07) is 7.62. The first kappa shape index (κ1) is 18.4. The van der Waals surface area contributed by atoms with Gasteiger partial charge in [0.05, 0.1) is 17.9 Å². The molecule has 28 heavy (non-hydrogen) atoms. The van der Waals surface area contributed by atoms with Gasteiger partial charge >= 0.3 is 11.8 Å². The second-order valence-electron chi connectivity index (χ2n) is 7.92. The number of pyridine rings is 1. The Kier molecular flexibility index (Phi) is 4.53. The Labute approximate surface area is 162 Å². The van der Waals surface area contributed by atoms with Gasteiger partial charge in [0.1, 0.15) is 11.6 Å². The summed E-state index contributed by atoms with van der Waals surface area (Å²) in [6.07, 6.45) is 5.38. The second-order valence-corrected chi connectivity index (χ2v) is 7.92. The molecular formula is C21H23FN4O2. The van der Waals surface area contributed by atoms with Gasteiger partial charge in [-0.25, -0.2) is 9.37 Å². The Morgan fingerprint density at radius 3 is 2.61 bits per heavy atom. The summed E-state index contributed by atoms with van der Waals surface area (Å²) in [6.45, 7) is 2.34. The van der Waals surface area contributed by atoms with E-state index < -0.39 is 11.8 Å². The van der Waals surface area contributed by atoms with Crippen molar-refractivity contribution in [1.82, 2.24) is 9.88 Å². The van der Waals surface area contributed by atoms with Crippen molar-refractivity contribution in [3.63, 3.8) is 0 Å². The van der Waals surface area contributed by atoms with Crippen molar-refractivity contribution in [2.75, 3.05) is 17.6 Å². The highest BCUT2D eigenvalue weighted by Gasteiger charge is 2.50. The number of halogens is 1. The molecule has 3 N–H and O–H groups in total. The van der Waals surface area contributed by atoms with Crippen molar-refractivity contribution in [2.24, 2.45) is 5.41 Å². The van der Waals surface area contributed by atoms with Crippen LogP contribution < -0.4 is 11.1 Å². The normalized spacial score (nSPS) is 20.1. The lowest BCUT2D eigenvalue weighted by Crippen LogP contribution is -2.47. The van der Waals surface area contributed by atoms with Gasteiger partial charge in [-0.2, -0.15) is 0 Å². The number of hydrogen-bond donors (Lipinski definition) is 2. The number of nitrogens with one attached hydrogen (secondary N) is 1. The molecule has 0 bridgehead atoms. The summed E-state index contributed by atoms with van der Waals surface area (Å²) in [5.74, 6) is -1.21. The van der Waals surface area contributed by atoms with Crippen LogP contribution in [0.3, 0.4) is 0 Å². The third kappa shape index (κ3) is 3.56. The summed E-state index contributed by atoms with van der Waals surface area (Å²) in [7, 11) is 0. The molecule has 1 unspecified atom stereocenters. The van der Waals surface area contributed by atoms with Crippen LogP contribution in [-0.4, -0.2) is 28.2 Å². The molecule has 6 nitrogen and oxygen atoms in total. The van der Waals surface area contributed by atoms with Crippen LogP contribution in [0.2, 0.25) is 0 Å². The van der Waals surface area contributed by atoms with Gasteiger partial charge in [0, 0.05) is 6.54 Å². The largest absolute Gasteiger partial charge is 0.383 e. The average Bonchev–Trinajstić information content (AvgIpc) is 3.43. The first-order valence-corrected chi connectivity index (χ1v) is 9.46. The Morgan fingerprint density at radius 2 is 1.96 bits per heavy atom. The zero-order valence-corrected chi connectivity index (χ0v) is 15.7. The molecule has 1 aliphatic heterocycles. The van der Waals surface area contributed by atoms with Crippen LogP contribution in [-0.2, 0) is 9.59 Å². The zero-order valence-electron chi connectivity index (χ0n) is 15.7. The van der Waals surface area contributed by atoms with E-state index in [-0.39, 0.29) is 17.3 Å². The van der Waals surface area contributed by atoms with E-state index in [1.54, 1.807) is 30.0 Å². The Bertz CT molecular complexity index is 925. The van der Waals surface area contributed by atoms with Crippen LogP contribution >= 0.6 is 0 Å². The molecule has 146 valence electrons. The van der Waals surface area contributed by atoms with Gasteiger partial charge in [-0.3, -0.25) is 9.59 Å². The van der Waals surface area contributed by atoms with Crippen LogP contribution in [0.5, 0.6) is 0 Å². The fraction of sp³-hybridized carbons (Fsp3) is 0.381. The number of piperidine rings is 1. The molecule has 1 spiro atoms. The third-order valence-electron chi connectivity index (χ3n) is 5.87. The number of rotatable bonds is 2. The number of amides is 2. The fourth-order valence-electron chi connectivity index (χ4n) is 3.95. The number of anilines is 2. The molecule has 1 aromatic carbocycles. The van der Waals surface area contributed by atoms with Gasteiger partial charge in [-0.05, 0) is 67.3 Å². The number of nitrogen functional groups attached to an aromatic ring is 1. The fourth-order valence-corrected chi connectivity index (χ4v) is 3.95. The molecule has 1 aromatic heterocycles. The van der Waals surface area contributed by atoms with Crippen molar-refractivity contribution in [1.29, 1.82) is 0 Å². The summed E-state index contributed by atoms with van der Waals surface area (Å²) in [4.78, 5) is 31.3. The van der Waals surface area contributed by atoms with E-state index in [0.29, 0.717) is 18.1 Å². The maximum Gasteiger partial charge on any atom is 0.313 e. The number of likely N-dealkylation sites (tertiary alicyclic amines) is 1. The summed E-state index contributed by atoms with van der Waals surface area (Å²) in [5, 5.41) is 2.63. The Hall–Kier alpha value is -2.96. The maximum absolute atomic E-state index is 13.3. The van der Waals surface area contributed by atoms with Crippen LogP contribution in [0.1, 0.15) is 42.9 Å². The van der Waals surface area contributed by atoms with Crippen molar-refractivity contribution in [2.45, 2.75) is 38.6 Å². The molecule has 4 rings (SSSR count). The van der Waals surface area contributed by atoms with Crippen LogP contribution in [0.15, 0.2) is 36.5 Å². The molecule has 1 saturated heterocycles. The van der Waals surface area contributed by atoms with E-state index in [2.05, 4.69) is 10.3 Å². The van der Waals surface area contributed by atoms with E-state index in [1.807, 2.05) is 0 Å². The summed E-state index contributed by atoms with van der Waals surface area (Å²) in [5.41, 5.74) is 7.85. The van der Waals surface area contributed by atoms with Crippen molar-refractivity contribution >= 4 is 23.3 Å². The quantitative estimate of drug-likeness (QED) is 0.781. The first-order valence-electron chi connectivity index (χ1n) is 9.46. The van der Waals surface area contributed by atoms with E-state index in [0.717, 1.165) is 36.8 Å².